The molecule has 1 aliphatic rings. The zero-order valence-electron chi connectivity index (χ0n) is 13.8. The SMILES string of the molecule is CC(=O)/C(=N\O)C(=O)NCC1CCN(Cc2ccccc2)CC1.Cl. The maximum Gasteiger partial charge on any atom is 0.277 e. The van der Waals surface area contributed by atoms with Crippen molar-refractivity contribution in [3.63, 3.8) is 0 Å². The summed E-state index contributed by atoms with van der Waals surface area (Å²) in [6.45, 7) is 4.64. The molecule has 132 valence electrons. The summed E-state index contributed by atoms with van der Waals surface area (Å²) in [5.41, 5.74) is 0.871. The van der Waals surface area contributed by atoms with Gasteiger partial charge in [0.05, 0.1) is 0 Å². The minimum atomic E-state index is -0.605. The van der Waals surface area contributed by atoms with Crippen molar-refractivity contribution in [1.29, 1.82) is 0 Å². The van der Waals surface area contributed by atoms with E-state index >= 15 is 0 Å². The van der Waals surface area contributed by atoms with Crippen LogP contribution < -0.4 is 5.32 Å². The van der Waals surface area contributed by atoms with Crippen LogP contribution in [0.2, 0.25) is 0 Å². The van der Waals surface area contributed by atoms with Crippen LogP contribution in [0.5, 0.6) is 0 Å². The number of halogens is 1. The number of nitrogens with one attached hydrogen (secondary N) is 1. The average molecular weight is 354 g/mol. The molecular formula is C17H24ClN3O3. The molecule has 0 bridgehead atoms. The molecule has 1 fully saturated rings. The number of amides is 1. The van der Waals surface area contributed by atoms with E-state index < -0.39 is 17.4 Å². The fourth-order valence-electron chi connectivity index (χ4n) is 2.79. The van der Waals surface area contributed by atoms with Gasteiger partial charge >= 0.3 is 0 Å². The van der Waals surface area contributed by atoms with Gasteiger partial charge < -0.3 is 10.5 Å². The zero-order valence-corrected chi connectivity index (χ0v) is 14.6. The third kappa shape index (κ3) is 5.94. The number of rotatable bonds is 6. The molecule has 7 heteroatoms. The molecule has 1 saturated heterocycles. The van der Waals surface area contributed by atoms with Crippen molar-refractivity contribution in [2.24, 2.45) is 11.1 Å². The van der Waals surface area contributed by atoms with Crippen LogP contribution in [0.25, 0.3) is 0 Å². The molecule has 0 spiro atoms. The highest BCUT2D eigenvalue weighted by molar-refractivity contribution is 6.65. The Bertz CT molecular complexity index is 570. The van der Waals surface area contributed by atoms with Crippen molar-refractivity contribution >= 4 is 29.8 Å². The van der Waals surface area contributed by atoms with Crippen molar-refractivity contribution in [3.8, 4) is 0 Å². The van der Waals surface area contributed by atoms with Gasteiger partial charge in [0.2, 0.25) is 5.71 Å². The summed E-state index contributed by atoms with van der Waals surface area (Å²) in [5, 5.41) is 14.1. The predicted molar refractivity (Wildman–Crippen MR) is 94.6 cm³/mol. The molecule has 1 aromatic rings. The van der Waals surface area contributed by atoms with E-state index in [1.54, 1.807) is 0 Å². The Hall–Kier alpha value is -1.92. The molecule has 24 heavy (non-hydrogen) atoms. The quantitative estimate of drug-likeness (QED) is 0.354. The Morgan fingerprint density at radius 1 is 1.25 bits per heavy atom. The van der Waals surface area contributed by atoms with Crippen LogP contribution >= 0.6 is 12.4 Å². The molecule has 0 aliphatic carbocycles. The standard InChI is InChI=1S/C17H23N3O3.ClH/c1-13(21)16(19-23)17(22)18-11-14-7-9-20(10-8-14)12-15-5-3-2-4-6-15;/h2-6,14,23H,7-12H2,1H3,(H,18,22);1H/b19-16+;. The molecule has 0 radical (unpaired) electrons. The van der Waals surface area contributed by atoms with Crippen molar-refractivity contribution < 1.29 is 14.8 Å². The first kappa shape index (κ1) is 20.1. The van der Waals surface area contributed by atoms with E-state index in [-0.39, 0.29) is 12.4 Å². The Balaban J connectivity index is 0.00000288. The van der Waals surface area contributed by atoms with Gasteiger partial charge in [-0.1, -0.05) is 35.5 Å². The molecule has 2 N–H and O–H groups in total. The molecular weight excluding hydrogens is 330 g/mol. The molecule has 0 aromatic heterocycles. The van der Waals surface area contributed by atoms with Crippen LogP contribution in [0.1, 0.15) is 25.3 Å². The monoisotopic (exact) mass is 353 g/mol. The van der Waals surface area contributed by atoms with Gasteiger partial charge in [0.15, 0.2) is 5.78 Å². The van der Waals surface area contributed by atoms with Crippen molar-refractivity contribution in [2.75, 3.05) is 19.6 Å². The number of nitrogens with zero attached hydrogens (tertiary/aromatic N) is 2. The number of ketones is 1. The predicted octanol–water partition coefficient (Wildman–Crippen LogP) is 1.86. The highest BCUT2D eigenvalue weighted by Gasteiger charge is 2.22. The molecule has 0 atom stereocenters. The Morgan fingerprint density at radius 2 is 1.88 bits per heavy atom. The Kier molecular flexibility index (Phi) is 8.43. The van der Waals surface area contributed by atoms with Crippen LogP contribution in [-0.4, -0.2) is 47.1 Å². The minimum absolute atomic E-state index is 0. The van der Waals surface area contributed by atoms with Crippen molar-refractivity contribution in [1.82, 2.24) is 10.2 Å². The maximum absolute atomic E-state index is 11.7. The lowest BCUT2D eigenvalue weighted by molar-refractivity contribution is -0.117. The topological polar surface area (TPSA) is 82.0 Å². The third-order valence-corrected chi connectivity index (χ3v) is 4.16. The van der Waals surface area contributed by atoms with Crippen LogP contribution in [0.15, 0.2) is 35.5 Å². The molecule has 1 aliphatic heterocycles. The second kappa shape index (κ2) is 10.1. The van der Waals surface area contributed by atoms with E-state index in [0.29, 0.717) is 12.5 Å². The van der Waals surface area contributed by atoms with Crippen LogP contribution in [0, 0.1) is 5.92 Å². The highest BCUT2D eigenvalue weighted by atomic mass is 35.5. The summed E-state index contributed by atoms with van der Waals surface area (Å²) in [7, 11) is 0. The number of hydrogen-bond donors (Lipinski definition) is 2. The molecule has 0 unspecified atom stereocenters. The van der Waals surface area contributed by atoms with Crippen molar-refractivity contribution in [2.45, 2.75) is 26.3 Å². The lowest BCUT2D eigenvalue weighted by atomic mass is 9.96. The van der Waals surface area contributed by atoms with Gasteiger partial charge in [-0.05, 0) is 37.4 Å². The van der Waals surface area contributed by atoms with Crippen molar-refractivity contribution in [3.05, 3.63) is 35.9 Å². The fourth-order valence-corrected chi connectivity index (χ4v) is 2.79. The number of carbonyl (C=O) groups is 2. The molecule has 1 heterocycles. The number of benzene rings is 1. The Labute approximate surface area is 148 Å². The number of likely N-dealkylation sites (tertiary alicyclic amines) is 1. The highest BCUT2D eigenvalue weighted by Crippen LogP contribution is 2.18. The van der Waals surface area contributed by atoms with Gasteiger partial charge in [-0.3, -0.25) is 14.5 Å². The second-order valence-corrected chi connectivity index (χ2v) is 5.92. The molecule has 1 amide bonds. The average Bonchev–Trinajstić information content (AvgIpc) is 2.55. The largest absolute Gasteiger partial charge is 0.410 e. The van der Waals surface area contributed by atoms with Gasteiger partial charge in [0.25, 0.3) is 5.91 Å². The summed E-state index contributed by atoms with van der Waals surface area (Å²) in [6, 6.07) is 10.4. The number of Topliss-reactive ketones (excluding diaryl/α,β-unsaturated/α-hetero) is 1. The second-order valence-electron chi connectivity index (χ2n) is 5.92. The molecule has 0 saturated carbocycles. The Morgan fingerprint density at radius 3 is 2.42 bits per heavy atom. The summed E-state index contributed by atoms with van der Waals surface area (Å²) in [4.78, 5) is 25.3. The van der Waals surface area contributed by atoms with Crippen LogP contribution in [0.3, 0.4) is 0 Å². The molecule has 2 rings (SSSR count). The number of hydrogen-bond acceptors (Lipinski definition) is 5. The first-order valence-corrected chi connectivity index (χ1v) is 7.87. The smallest absolute Gasteiger partial charge is 0.277 e. The summed E-state index contributed by atoms with van der Waals surface area (Å²) in [5.74, 6) is -0.757. The first-order chi connectivity index (χ1) is 11.1. The van der Waals surface area contributed by atoms with E-state index in [1.807, 2.05) is 18.2 Å². The van der Waals surface area contributed by atoms with Crippen LogP contribution in [0.4, 0.5) is 0 Å². The van der Waals surface area contributed by atoms with Gasteiger partial charge in [-0.2, -0.15) is 0 Å². The van der Waals surface area contributed by atoms with E-state index in [2.05, 4.69) is 27.5 Å². The van der Waals surface area contributed by atoms with E-state index in [1.165, 1.54) is 12.5 Å². The normalized spacial score (nSPS) is 16.3. The first-order valence-electron chi connectivity index (χ1n) is 7.87. The fraction of sp³-hybridized carbons (Fsp3) is 0.471. The maximum atomic E-state index is 11.7. The van der Waals surface area contributed by atoms with Gasteiger partial charge in [-0.25, -0.2) is 0 Å². The van der Waals surface area contributed by atoms with Gasteiger partial charge in [-0.15, -0.1) is 12.4 Å². The van der Waals surface area contributed by atoms with Gasteiger partial charge in [0, 0.05) is 20.0 Å². The number of piperidine rings is 1. The zero-order chi connectivity index (χ0) is 16.7. The minimum Gasteiger partial charge on any atom is -0.410 e. The summed E-state index contributed by atoms with van der Waals surface area (Å²) < 4.78 is 0. The third-order valence-electron chi connectivity index (χ3n) is 4.16. The number of carbonyl (C=O) groups excluding carboxylic acids is 2. The summed E-state index contributed by atoms with van der Waals surface area (Å²) in [6.07, 6.45) is 2.00. The molecule has 6 nitrogen and oxygen atoms in total. The lowest BCUT2D eigenvalue weighted by Gasteiger charge is -2.32. The number of oxime groups is 1. The van der Waals surface area contributed by atoms with E-state index in [0.717, 1.165) is 32.5 Å². The molecule has 1 aromatic carbocycles. The van der Waals surface area contributed by atoms with Gasteiger partial charge in [0.1, 0.15) is 0 Å². The lowest BCUT2D eigenvalue weighted by Crippen LogP contribution is -2.41. The summed E-state index contributed by atoms with van der Waals surface area (Å²) >= 11 is 0. The van der Waals surface area contributed by atoms with E-state index in [4.69, 9.17) is 5.21 Å². The van der Waals surface area contributed by atoms with E-state index in [9.17, 15) is 9.59 Å². The van der Waals surface area contributed by atoms with Crippen LogP contribution in [-0.2, 0) is 16.1 Å².